The van der Waals surface area contributed by atoms with Crippen LogP contribution in [0.2, 0.25) is 0 Å². The van der Waals surface area contributed by atoms with Gasteiger partial charge in [0.1, 0.15) is 5.75 Å². The summed E-state index contributed by atoms with van der Waals surface area (Å²) >= 11 is 1.58. The van der Waals surface area contributed by atoms with Crippen LogP contribution >= 0.6 is 11.3 Å². The molecule has 1 N–H and O–H groups in total. The maximum atomic E-state index is 12.6. The summed E-state index contributed by atoms with van der Waals surface area (Å²) in [7, 11) is 0. The van der Waals surface area contributed by atoms with Gasteiger partial charge in [-0.1, -0.05) is 24.3 Å². The fourth-order valence-corrected chi connectivity index (χ4v) is 4.91. The van der Waals surface area contributed by atoms with Crippen LogP contribution in [0.4, 0.5) is 0 Å². The van der Waals surface area contributed by atoms with Gasteiger partial charge in [-0.3, -0.25) is 9.59 Å². The minimum absolute atomic E-state index is 0.0146. The summed E-state index contributed by atoms with van der Waals surface area (Å²) in [6, 6.07) is 13.2. The molecular weight excluding hydrogens is 376 g/mol. The summed E-state index contributed by atoms with van der Waals surface area (Å²) in [6.07, 6.45) is 0.402. The molecule has 0 aliphatic carbocycles. The third-order valence-electron chi connectivity index (χ3n) is 5.79. The number of aliphatic hydroxyl groups is 1. The van der Waals surface area contributed by atoms with Gasteiger partial charge in [-0.25, -0.2) is 0 Å². The largest absolute Gasteiger partial charge is 0.484 e. The predicted molar refractivity (Wildman–Crippen MR) is 106 cm³/mol. The van der Waals surface area contributed by atoms with Crippen LogP contribution in [-0.2, 0) is 16.0 Å². The highest BCUT2D eigenvalue weighted by molar-refractivity contribution is 7.10. The van der Waals surface area contributed by atoms with Gasteiger partial charge in [-0.15, -0.1) is 11.3 Å². The van der Waals surface area contributed by atoms with Crippen LogP contribution < -0.4 is 4.74 Å². The first-order valence-corrected chi connectivity index (χ1v) is 10.3. The number of hydrogen-bond donors (Lipinski definition) is 1. The van der Waals surface area contributed by atoms with E-state index in [9.17, 15) is 14.7 Å². The Labute approximate surface area is 168 Å². The Balaban J connectivity index is 1.34. The number of benzene rings is 1. The first-order valence-electron chi connectivity index (χ1n) is 9.46. The first-order chi connectivity index (χ1) is 13.6. The summed E-state index contributed by atoms with van der Waals surface area (Å²) in [5.41, 5.74) is -0.423. The van der Waals surface area contributed by atoms with Crippen LogP contribution in [0.25, 0.3) is 0 Å². The number of hydrogen-bond acceptors (Lipinski definition) is 5. The Morgan fingerprint density at radius 1 is 1.07 bits per heavy atom. The molecule has 6 nitrogen and oxygen atoms in total. The van der Waals surface area contributed by atoms with Crippen molar-refractivity contribution in [2.45, 2.75) is 6.42 Å². The topological polar surface area (TPSA) is 70.1 Å². The van der Waals surface area contributed by atoms with Crippen LogP contribution in [-0.4, -0.2) is 66.1 Å². The van der Waals surface area contributed by atoms with Gasteiger partial charge < -0.3 is 19.6 Å². The Kier molecular flexibility index (Phi) is 5.37. The molecule has 3 heterocycles. The number of fused-ring (bicyclic) bond motifs is 1. The fourth-order valence-electron chi connectivity index (χ4n) is 4.21. The molecular formula is C21H24N2O4S. The molecule has 28 heavy (non-hydrogen) atoms. The fraction of sp³-hybridized carbons (Fsp3) is 0.429. The summed E-state index contributed by atoms with van der Waals surface area (Å²) in [5.74, 6) is 0.778. The first kappa shape index (κ1) is 19.0. The third-order valence-corrected chi connectivity index (χ3v) is 6.67. The number of carbonyl (C=O) groups excluding carboxylic acids is 2. The number of thiophene rings is 1. The zero-order valence-electron chi connectivity index (χ0n) is 15.6. The normalized spacial score (nSPS) is 23.7. The van der Waals surface area contributed by atoms with Gasteiger partial charge in [0.15, 0.2) is 6.61 Å². The number of carbonyl (C=O) groups is 2. The maximum Gasteiger partial charge on any atom is 0.260 e. The monoisotopic (exact) mass is 400 g/mol. The van der Waals surface area contributed by atoms with E-state index in [0.717, 1.165) is 4.88 Å². The van der Waals surface area contributed by atoms with E-state index in [0.29, 0.717) is 38.3 Å². The van der Waals surface area contributed by atoms with E-state index < -0.39 is 5.41 Å². The molecule has 0 bridgehead atoms. The summed E-state index contributed by atoms with van der Waals surface area (Å²) in [5, 5.41) is 12.1. The van der Waals surface area contributed by atoms with Crippen LogP contribution in [0.3, 0.4) is 0 Å². The lowest BCUT2D eigenvalue weighted by Gasteiger charge is -2.27. The maximum absolute atomic E-state index is 12.6. The molecule has 2 atom stereocenters. The van der Waals surface area contributed by atoms with Crippen molar-refractivity contribution in [3.8, 4) is 5.75 Å². The molecule has 2 saturated heterocycles. The minimum Gasteiger partial charge on any atom is -0.484 e. The third kappa shape index (κ3) is 3.77. The predicted octanol–water partition coefficient (Wildman–Crippen LogP) is 1.65. The smallest absolute Gasteiger partial charge is 0.260 e. The summed E-state index contributed by atoms with van der Waals surface area (Å²) < 4.78 is 5.57. The quantitative estimate of drug-likeness (QED) is 0.801. The molecule has 7 heteroatoms. The highest BCUT2D eigenvalue weighted by atomic mass is 32.1. The lowest BCUT2D eigenvalue weighted by Crippen LogP contribution is -2.41. The van der Waals surface area contributed by atoms with Crippen molar-refractivity contribution in [1.29, 1.82) is 0 Å². The lowest BCUT2D eigenvalue weighted by atomic mass is 9.82. The van der Waals surface area contributed by atoms with Crippen molar-refractivity contribution in [2.75, 3.05) is 39.4 Å². The molecule has 2 aliphatic heterocycles. The second-order valence-corrected chi connectivity index (χ2v) is 8.66. The van der Waals surface area contributed by atoms with Gasteiger partial charge in [0.25, 0.3) is 5.91 Å². The van der Waals surface area contributed by atoms with Gasteiger partial charge in [-0.2, -0.15) is 0 Å². The van der Waals surface area contributed by atoms with Crippen molar-refractivity contribution in [1.82, 2.24) is 9.80 Å². The average molecular weight is 401 g/mol. The molecule has 2 aliphatic rings. The van der Waals surface area contributed by atoms with Crippen LogP contribution in [0.15, 0.2) is 47.8 Å². The summed E-state index contributed by atoms with van der Waals surface area (Å²) in [6.45, 7) is 2.08. The van der Waals surface area contributed by atoms with Crippen molar-refractivity contribution < 1.29 is 19.4 Å². The molecule has 148 valence electrons. The molecule has 4 rings (SSSR count). The van der Waals surface area contributed by atoms with E-state index in [1.165, 1.54) is 0 Å². The average Bonchev–Trinajstić information content (AvgIpc) is 3.41. The van der Waals surface area contributed by atoms with E-state index in [1.54, 1.807) is 16.2 Å². The number of ether oxygens (including phenoxy) is 1. The Bertz CT molecular complexity index is 826. The number of rotatable bonds is 6. The number of aliphatic hydroxyl groups excluding tert-OH is 1. The van der Waals surface area contributed by atoms with Gasteiger partial charge in [0, 0.05) is 42.4 Å². The summed E-state index contributed by atoms with van der Waals surface area (Å²) in [4.78, 5) is 29.9. The number of likely N-dealkylation sites (tertiary alicyclic amines) is 2. The number of amides is 2. The zero-order valence-corrected chi connectivity index (χ0v) is 16.4. The molecule has 2 fully saturated rings. The Morgan fingerprint density at radius 3 is 2.39 bits per heavy atom. The highest BCUT2D eigenvalue weighted by Gasteiger charge is 2.54. The molecule has 2 unspecified atom stereocenters. The lowest BCUT2D eigenvalue weighted by molar-refractivity contribution is -0.133. The van der Waals surface area contributed by atoms with Gasteiger partial charge >= 0.3 is 0 Å². The second-order valence-electron chi connectivity index (χ2n) is 7.62. The standard InChI is InChI=1S/C21H24N2O4S/c24-15-21-13-22(19(25)9-18-7-4-8-28-18)10-16(21)11-23(14-21)20(26)12-27-17-5-2-1-3-6-17/h1-8,16,24H,9-15H2. The molecule has 1 aromatic heterocycles. The van der Waals surface area contributed by atoms with Crippen LogP contribution in [0, 0.1) is 11.3 Å². The van der Waals surface area contributed by atoms with Gasteiger partial charge in [-0.05, 0) is 23.6 Å². The Morgan fingerprint density at radius 2 is 1.79 bits per heavy atom. The second kappa shape index (κ2) is 7.93. The van der Waals surface area contributed by atoms with E-state index in [4.69, 9.17) is 4.74 Å². The molecule has 0 spiro atoms. The van der Waals surface area contributed by atoms with Crippen molar-refractivity contribution in [2.24, 2.45) is 11.3 Å². The van der Waals surface area contributed by atoms with Crippen molar-refractivity contribution in [3.05, 3.63) is 52.7 Å². The number of para-hydroxylation sites is 1. The molecule has 2 aromatic rings. The van der Waals surface area contributed by atoms with Crippen molar-refractivity contribution in [3.63, 3.8) is 0 Å². The van der Waals surface area contributed by atoms with Crippen LogP contribution in [0.1, 0.15) is 4.88 Å². The molecule has 0 saturated carbocycles. The van der Waals surface area contributed by atoms with Crippen LogP contribution in [0.5, 0.6) is 5.75 Å². The molecule has 2 amide bonds. The van der Waals surface area contributed by atoms with E-state index in [1.807, 2.05) is 52.7 Å². The minimum atomic E-state index is -0.423. The van der Waals surface area contributed by atoms with Gasteiger partial charge in [0.05, 0.1) is 13.0 Å². The molecule has 0 radical (unpaired) electrons. The molecule has 1 aromatic carbocycles. The zero-order chi connectivity index (χ0) is 19.6. The van der Waals surface area contributed by atoms with E-state index in [-0.39, 0.29) is 30.9 Å². The highest BCUT2D eigenvalue weighted by Crippen LogP contribution is 2.42. The Hall–Kier alpha value is -2.38. The number of nitrogens with zero attached hydrogens (tertiary/aromatic N) is 2. The van der Waals surface area contributed by atoms with Gasteiger partial charge in [0.2, 0.25) is 5.91 Å². The van der Waals surface area contributed by atoms with E-state index >= 15 is 0 Å². The van der Waals surface area contributed by atoms with Crippen molar-refractivity contribution >= 4 is 23.2 Å². The van der Waals surface area contributed by atoms with E-state index in [2.05, 4.69) is 0 Å². The SMILES string of the molecule is O=C(COc1ccccc1)N1CC2CN(C(=O)Cc3cccs3)CC2(CO)C1.